The summed E-state index contributed by atoms with van der Waals surface area (Å²) < 4.78 is 6.28. The van der Waals surface area contributed by atoms with E-state index in [1.54, 1.807) is 0 Å². The van der Waals surface area contributed by atoms with Gasteiger partial charge in [-0.25, -0.2) is 0 Å². The molecule has 0 N–H and O–H groups in total. The highest BCUT2D eigenvalue weighted by molar-refractivity contribution is 5.94. The number of carbonyl (C=O) groups excluding carboxylic acids is 1. The lowest BCUT2D eigenvalue weighted by atomic mass is 9.88. The van der Waals surface area contributed by atoms with E-state index in [4.69, 9.17) is 4.74 Å². The summed E-state index contributed by atoms with van der Waals surface area (Å²) in [4.78, 5) is 12.9. The van der Waals surface area contributed by atoms with Gasteiger partial charge >= 0.3 is 5.97 Å². The molecule has 4 rings (SSSR count). The summed E-state index contributed by atoms with van der Waals surface area (Å²) in [5.74, 6) is -0.212. The number of rotatable bonds is 2. The minimum Gasteiger partial charge on any atom is -0.444 e. The van der Waals surface area contributed by atoms with Crippen molar-refractivity contribution in [1.29, 1.82) is 0 Å². The van der Waals surface area contributed by atoms with E-state index >= 15 is 0 Å². The first-order valence-corrected chi connectivity index (χ1v) is 9.37. The standard InChI is InChI=1S/C25H24O2/c1-5-14-25(27-23(26)24(2,3)4)21-13-9-8-12-19(21)20-15-17-10-6-7-11-18(17)16-22(20)25/h5-16H,1-4H3/b14-5+. The van der Waals surface area contributed by atoms with Crippen LogP contribution in [0.15, 0.2) is 72.8 Å². The van der Waals surface area contributed by atoms with Crippen LogP contribution < -0.4 is 0 Å². The van der Waals surface area contributed by atoms with Gasteiger partial charge in [0.1, 0.15) is 0 Å². The summed E-state index contributed by atoms with van der Waals surface area (Å²) in [6, 6.07) is 20.9. The van der Waals surface area contributed by atoms with Crippen LogP contribution in [0.3, 0.4) is 0 Å². The second-order valence-electron chi connectivity index (χ2n) is 8.17. The highest BCUT2D eigenvalue weighted by atomic mass is 16.6. The van der Waals surface area contributed by atoms with Crippen LogP contribution >= 0.6 is 0 Å². The molecule has 1 aliphatic rings. The molecule has 0 heterocycles. The molecule has 0 aromatic heterocycles. The zero-order chi connectivity index (χ0) is 19.2. The van der Waals surface area contributed by atoms with Gasteiger partial charge in [0.15, 0.2) is 5.60 Å². The number of hydrogen-bond donors (Lipinski definition) is 0. The maximum atomic E-state index is 12.9. The molecule has 0 spiro atoms. The smallest absolute Gasteiger partial charge is 0.312 e. The van der Waals surface area contributed by atoms with Crippen molar-refractivity contribution in [3.05, 3.63) is 83.9 Å². The lowest BCUT2D eigenvalue weighted by molar-refractivity contribution is -0.162. The molecule has 136 valence electrons. The summed E-state index contributed by atoms with van der Waals surface area (Å²) in [6.45, 7) is 7.64. The molecule has 1 aliphatic carbocycles. The summed E-state index contributed by atoms with van der Waals surface area (Å²) in [6.07, 6.45) is 3.98. The van der Waals surface area contributed by atoms with Gasteiger partial charge in [-0.1, -0.05) is 54.6 Å². The van der Waals surface area contributed by atoms with Gasteiger partial charge in [-0.15, -0.1) is 0 Å². The molecule has 0 aliphatic heterocycles. The molecule has 0 radical (unpaired) electrons. The molecule has 1 atom stereocenters. The molecule has 3 aromatic rings. The highest BCUT2D eigenvalue weighted by Gasteiger charge is 2.46. The third-order valence-corrected chi connectivity index (χ3v) is 5.17. The van der Waals surface area contributed by atoms with Crippen molar-refractivity contribution in [3.8, 4) is 11.1 Å². The second-order valence-corrected chi connectivity index (χ2v) is 8.17. The fourth-order valence-electron chi connectivity index (χ4n) is 3.81. The molecule has 0 saturated heterocycles. The Kier molecular flexibility index (Phi) is 3.96. The molecule has 3 aromatic carbocycles. The fourth-order valence-corrected chi connectivity index (χ4v) is 3.81. The highest BCUT2D eigenvalue weighted by Crippen LogP contribution is 2.52. The van der Waals surface area contributed by atoms with Crippen molar-refractivity contribution < 1.29 is 9.53 Å². The van der Waals surface area contributed by atoms with Crippen LogP contribution in [0.4, 0.5) is 0 Å². The van der Waals surface area contributed by atoms with Gasteiger partial charge in [-0.3, -0.25) is 4.79 Å². The molecular weight excluding hydrogens is 332 g/mol. The van der Waals surface area contributed by atoms with Crippen LogP contribution in [-0.2, 0) is 15.1 Å². The van der Waals surface area contributed by atoms with Crippen LogP contribution in [0.5, 0.6) is 0 Å². The zero-order valence-corrected chi connectivity index (χ0v) is 16.2. The van der Waals surface area contributed by atoms with Gasteiger partial charge in [-0.05, 0) is 67.8 Å². The summed E-state index contributed by atoms with van der Waals surface area (Å²) in [5, 5.41) is 2.33. The van der Waals surface area contributed by atoms with Gasteiger partial charge < -0.3 is 4.74 Å². The Morgan fingerprint density at radius 2 is 1.52 bits per heavy atom. The van der Waals surface area contributed by atoms with E-state index in [0.29, 0.717) is 0 Å². The van der Waals surface area contributed by atoms with E-state index in [9.17, 15) is 4.79 Å². The lowest BCUT2D eigenvalue weighted by Gasteiger charge is -2.32. The predicted molar refractivity (Wildman–Crippen MR) is 111 cm³/mol. The first-order chi connectivity index (χ1) is 12.9. The van der Waals surface area contributed by atoms with Gasteiger partial charge in [-0.2, -0.15) is 0 Å². The van der Waals surface area contributed by atoms with Gasteiger partial charge in [0.2, 0.25) is 0 Å². The Balaban J connectivity index is 2.04. The van der Waals surface area contributed by atoms with Crippen LogP contribution in [0, 0.1) is 5.41 Å². The fraction of sp³-hybridized carbons (Fsp3) is 0.240. The average molecular weight is 356 g/mol. The lowest BCUT2D eigenvalue weighted by Crippen LogP contribution is -2.35. The molecular formula is C25H24O2. The molecule has 2 heteroatoms. The minimum absolute atomic E-state index is 0.212. The Bertz CT molecular complexity index is 1070. The number of ether oxygens (including phenoxy) is 1. The van der Waals surface area contributed by atoms with Crippen molar-refractivity contribution in [2.75, 3.05) is 0 Å². The normalized spacial score (nSPS) is 18.5. The third-order valence-electron chi connectivity index (χ3n) is 5.17. The van der Waals surface area contributed by atoms with Crippen molar-refractivity contribution in [2.24, 2.45) is 5.41 Å². The summed E-state index contributed by atoms with van der Waals surface area (Å²) >= 11 is 0. The van der Waals surface area contributed by atoms with Gasteiger partial charge in [0.05, 0.1) is 5.41 Å². The second kappa shape index (κ2) is 6.09. The van der Waals surface area contributed by atoms with E-state index in [1.165, 1.54) is 5.39 Å². The zero-order valence-electron chi connectivity index (χ0n) is 16.2. The third kappa shape index (κ3) is 2.68. The quantitative estimate of drug-likeness (QED) is 0.402. The molecule has 0 bridgehead atoms. The topological polar surface area (TPSA) is 26.3 Å². The largest absolute Gasteiger partial charge is 0.444 e. The number of benzene rings is 3. The average Bonchev–Trinajstić information content (AvgIpc) is 2.90. The first-order valence-electron chi connectivity index (χ1n) is 9.37. The van der Waals surface area contributed by atoms with Crippen LogP contribution in [0.25, 0.3) is 21.9 Å². The van der Waals surface area contributed by atoms with E-state index in [1.807, 2.05) is 58.0 Å². The first kappa shape index (κ1) is 17.5. The molecule has 0 fully saturated rings. The van der Waals surface area contributed by atoms with Crippen molar-refractivity contribution in [2.45, 2.75) is 33.3 Å². The maximum absolute atomic E-state index is 12.9. The molecule has 0 saturated carbocycles. The number of esters is 1. The molecule has 1 unspecified atom stereocenters. The van der Waals surface area contributed by atoms with E-state index in [0.717, 1.165) is 27.6 Å². The van der Waals surface area contributed by atoms with Crippen molar-refractivity contribution in [3.63, 3.8) is 0 Å². The molecule has 27 heavy (non-hydrogen) atoms. The number of allylic oxidation sites excluding steroid dienone is 1. The minimum atomic E-state index is -0.894. The van der Waals surface area contributed by atoms with Crippen molar-refractivity contribution in [1.82, 2.24) is 0 Å². The number of carbonyl (C=O) groups is 1. The van der Waals surface area contributed by atoms with E-state index in [-0.39, 0.29) is 5.97 Å². The van der Waals surface area contributed by atoms with Crippen LogP contribution in [-0.4, -0.2) is 5.97 Å². The Labute approximate surface area is 160 Å². The van der Waals surface area contributed by atoms with E-state index in [2.05, 4.69) is 42.5 Å². The SMILES string of the molecule is C/C=C/C1(OC(=O)C(C)(C)C)c2ccccc2-c2cc3ccccc3cc21. The van der Waals surface area contributed by atoms with Gasteiger partial charge in [0.25, 0.3) is 0 Å². The van der Waals surface area contributed by atoms with E-state index < -0.39 is 11.0 Å². The summed E-state index contributed by atoms with van der Waals surface area (Å²) in [5.41, 5.74) is 2.82. The maximum Gasteiger partial charge on any atom is 0.312 e. The van der Waals surface area contributed by atoms with Crippen molar-refractivity contribution >= 4 is 16.7 Å². The van der Waals surface area contributed by atoms with Crippen LogP contribution in [0.1, 0.15) is 38.8 Å². The molecule has 2 nitrogen and oxygen atoms in total. The monoisotopic (exact) mass is 356 g/mol. The Morgan fingerprint density at radius 1 is 0.889 bits per heavy atom. The van der Waals surface area contributed by atoms with Gasteiger partial charge in [0, 0.05) is 11.1 Å². The Hall–Kier alpha value is -2.87. The summed E-state index contributed by atoms with van der Waals surface area (Å²) in [7, 11) is 0. The predicted octanol–water partition coefficient (Wildman–Crippen LogP) is 6.23. The Morgan fingerprint density at radius 3 is 2.19 bits per heavy atom. The number of fused-ring (bicyclic) bond motifs is 4. The number of hydrogen-bond acceptors (Lipinski definition) is 2. The molecule has 0 amide bonds. The van der Waals surface area contributed by atoms with Crippen LogP contribution in [0.2, 0.25) is 0 Å².